The van der Waals surface area contributed by atoms with Gasteiger partial charge in [-0.15, -0.1) is 0 Å². The molecule has 31 heavy (non-hydrogen) atoms. The van der Waals surface area contributed by atoms with E-state index in [4.69, 9.17) is 18.9 Å². The molecule has 0 bridgehead atoms. The maximum Gasteiger partial charge on any atom is 0.309 e. The summed E-state index contributed by atoms with van der Waals surface area (Å²) in [4.78, 5) is 11.4. The number of nitrogens with zero attached hydrogens (tertiary/aromatic N) is 1. The number of fused-ring (bicyclic) bond motifs is 1. The number of hydrogen-bond donors (Lipinski definition) is 1. The molecule has 0 saturated heterocycles. The number of hydrogen-bond acceptors (Lipinski definition) is 5. The molecule has 2 aromatic rings. The van der Waals surface area contributed by atoms with Crippen LogP contribution in [-0.2, 0) is 17.6 Å². The van der Waals surface area contributed by atoms with Gasteiger partial charge >= 0.3 is 5.97 Å². The first-order valence-corrected chi connectivity index (χ1v) is 10.4. The van der Waals surface area contributed by atoms with E-state index in [0.29, 0.717) is 34.0 Å². The number of quaternary nitrogens is 1. The Balaban J connectivity index is 2.06. The zero-order valence-electron chi connectivity index (χ0n) is 18.9. The Bertz CT molecular complexity index is 944. The van der Waals surface area contributed by atoms with Crippen molar-refractivity contribution in [3.63, 3.8) is 0 Å². The van der Waals surface area contributed by atoms with Crippen LogP contribution in [0.4, 0.5) is 0 Å². The number of methoxy groups -OCH3 is 4. The monoisotopic (exact) mass is 430 g/mol. The fourth-order valence-electron chi connectivity index (χ4n) is 4.51. The third kappa shape index (κ3) is 4.71. The van der Waals surface area contributed by atoms with Crippen molar-refractivity contribution in [1.29, 1.82) is 0 Å². The zero-order valence-corrected chi connectivity index (χ0v) is 18.9. The van der Waals surface area contributed by atoms with Crippen LogP contribution in [0, 0.1) is 0 Å². The van der Waals surface area contributed by atoms with E-state index in [9.17, 15) is 9.90 Å². The summed E-state index contributed by atoms with van der Waals surface area (Å²) in [6.07, 6.45) is 1.72. The van der Waals surface area contributed by atoms with E-state index in [-0.39, 0.29) is 12.5 Å². The van der Waals surface area contributed by atoms with Crippen LogP contribution < -0.4 is 18.9 Å². The summed E-state index contributed by atoms with van der Waals surface area (Å²) in [6, 6.07) is 10.1. The van der Waals surface area contributed by atoms with Crippen LogP contribution in [0.15, 0.2) is 30.3 Å². The van der Waals surface area contributed by atoms with E-state index in [1.165, 1.54) is 11.1 Å². The van der Waals surface area contributed by atoms with Crippen molar-refractivity contribution in [3.05, 3.63) is 47.0 Å². The second-order valence-electron chi connectivity index (χ2n) is 8.14. The lowest BCUT2D eigenvalue weighted by atomic mass is 9.86. The SMILES string of the molecule is COc1ccc(C[C@H]2c3cc(OC)c(OC)cc3CC[N@+]2(C)CCC(=O)O)cc1OC. The maximum absolute atomic E-state index is 11.4. The minimum atomic E-state index is -0.776. The molecular formula is C24H32NO6+. The Kier molecular flexibility index (Phi) is 6.95. The Hall–Kier alpha value is -2.93. The normalized spacial score (nSPS) is 20.0. The summed E-state index contributed by atoms with van der Waals surface area (Å²) < 4.78 is 22.6. The van der Waals surface area contributed by atoms with Crippen molar-refractivity contribution in [2.75, 3.05) is 48.6 Å². The minimum absolute atomic E-state index is 0.0704. The largest absolute Gasteiger partial charge is 0.493 e. The quantitative estimate of drug-likeness (QED) is 0.614. The molecule has 168 valence electrons. The minimum Gasteiger partial charge on any atom is -0.493 e. The van der Waals surface area contributed by atoms with E-state index in [0.717, 1.165) is 24.9 Å². The Morgan fingerprint density at radius 1 is 0.968 bits per heavy atom. The summed E-state index contributed by atoms with van der Waals surface area (Å²) in [5.41, 5.74) is 3.49. The van der Waals surface area contributed by atoms with Crippen LogP contribution in [0.1, 0.15) is 29.2 Å². The van der Waals surface area contributed by atoms with E-state index >= 15 is 0 Å². The highest BCUT2D eigenvalue weighted by molar-refractivity contribution is 5.66. The molecule has 0 aliphatic carbocycles. The molecule has 0 aromatic heterocycles. The first-order valence-electron chi connectivity index (χ1n) is 10.4. The Morgan fingerprint density at radius 2 is 1.58 bits per heavy atom. The number of carboxylic acid groups (broad SMARTS) is 1. The van der Waals surface area contributed by atoms with E-state index in [2.05, 4.69) is 19.2 Å². The molecule has 0 unspecified atom stereocenters. The molecule has 0 radical (unpaired) electrons. The summed E-state index contributed by atoms with van der Waals surface area (Å²) >= 11 is 0. The topological polar surface area (TPSA) is 74.2 Å². The average molecular weight is 431 g/mol. The molecule has 1 heterocycles. The van der Waals surface area contributed by atoms with Crippen molar-refractivity contribution < 1.29 is 33.3 Å². The Morgan fingerprint density at radius 3 is 2.19 bits per heavy atom. The standard InChI is InChI=1S/C24H31NO6/c1-25(11-9-24(26)27)10-8-17-14-22(30-4)23(31-5)15-18(17)19(25)12-16-6-7-20(28-2)21(13-16)29-3/h6-7,13-15,19H,8-12H2,1-5H3/p+1/t19-,25+/m0/s1. The summed E-state index contributed by atoms with van der Waals surface area (Å²) in [5, 5.41) is 9.33. The van der Waals surface area contributed by atoms with E-state index in [1.54, 1.807) is 28.4 Å². The van der Waals surface area contributed by atoms with Gasteiger partial charge in [0.1, 0.15) is 6.04 Å². The van der Waals surface area contributed by atoms with Crippen LogP contribution in [0.2, 0.25) is 0 Å². The van der Waals surface area contributed by atoms with Crippen molar-refractivity contribution in [3.8, 4) is 23.0 Å². The molecular weight excluding hydrogens is 398 g/mol. The van der Waals surface area contributed by atoms with Crippen molar-refractivity contribution in [2.45, 2.75) is 25.3 Å². The molecule has 1 aliphatic rings. The lowest BCUT2D eigenvalue weighted by Crippen LogP contribution is -2.53. The predicted octanol–water partition coefficient (Wildman–Crippen LogP) is 3.48. The fourth-order valence-corrected chi connectivity index (χ4v) is 4.51. The molecule has 2 atom stereocenters. The number of aliphatic carboxylic acids is 1. The molecule has 0 fully saturated rings. The lowest BCUT2D eigenvalue weighted by Gasteiger charge is -2.46. The van der Waals surface area contributed by atoms with Crippen molar-refractivity contribution >= 4 is 5.97 Å². The van der Waals surface area contributed by atoms with Crippen LogP contribution in [-0.4, -0.2) is 64.1 Å². The van der Waals surface area contributed by atoms with Gasteiger partial charge in [-0.2, -0.15) is 0 Å². The molecule has 1 aliphatic heterocycles. The third-order valence-corrected chi connectivity index (χ3v) is 6.36. The Labute approximate surface area is 183 Å². The molecule has 2 aromatic carbocycles. The highest BCUT2D eigenvalue weighted by Crippen LogP contribution is 2.43. The molecule has 0 saturated carbocycles. The predicted molar refractivity (Wildman–Crippen MR) is 117 cm³/mol. The summed E-state index contributed by atoms with van der Waals surface area (Å²) in [7, 11) is 8.67. The molecule has 7 nitrogen and oxygen atoms in total. The molecule has 7 heteroatoms. The molecule has 3 rings (SSSR count). The van der Waals surface area contributed by atoms with Gasteiger partial charge in [0.2, 0.25) is 0 Å². The van der Waals surface area contributed by atoms with Gasteiger partial charge in [-0.05, 0) is 35.4 Å². The van der Waals surface area contributed by atoms with Gasteiger partial charge in [-0.3, -0.25) is 4.79 Å². The van der Waals surface area contributed by atoms with Crippen LogP contribution in [0.25, 0.3) is 0 Å². The highest BCUT2D eigenvalue weighted by atomic mass is 16.5. The number of benzene rings is 2. The molecule has 1 N–H and O–H groups in total. The van der Waals surface area contributed by atoms with Crippen LogP contribution in [0.3, 0.4) is 0 Å². The van der Waals surface area contributed by atoms with E-state index in [1.807, 2.05) is 18.2 Å². The number of ether oxygens (including phenoxy) is 4. The smallest absolute Gasteiger partial charge is 0.309 e. The number of carbonyl (C=O) groups is 1. The number of likely N-dealkylation sites (N-methyl/N-ethyl adjacent to an activating group) is 1. The van der Waals surface area contributed by atoms with Crippen LogP contribution >= 0.6 is 0 Å². The maximum atomic E-state index is 11.4. The summed E-state index contributed by atoms with van der Waals surface area (Å²) in [6.45, 7) is 1.41. The number of carboxylic acids is 1. The zero-order chi connectivity index (χ0) is 22.6. The molecule has 0 spiro atoms. The van der Waals surface area contributed by atoms with Gasteiger partial charge in [0, 0.05) is 18.4 Å². The first-order chi connectivity index (χ1) is 14.8. The second kappa shape index (κ2) is 9.47. The van der Waals surface area contributed by atoms with Gasteiger partial charge < -0.3 is 28.5 Å². The van der Waals surface area contributed by atoms with Gasteiger partial charge in [0.15, 0.2) is 23.0 Å². The van der Waals surface area contributed by atoms with Gasteiger partial charge in [-0.1, -0.05) is 6.07 Å². The second-order valence-corrected chi connectivity index (χ2v) is 8.14. The van der Waals surface area contributed by atoms with Crippen molar-refractivity contribution in [2.24, 2.45) is 0 Å². The number of rotatable bonds is 9. The van der Waals surface area contributed by atoms with E-state index < -0.39 is 5.97 Å². The highest BCUT2D eigenvalue weighted by Gasteiger charge is 2.40. The fraction of sp³-hybridized carbons (Fsp3) is 0.458. The molecule has 0 amide bonds. The van der Waals surface area contributed by atoms with Gasteiger partial charge in [-0.25, -0.2) is 0 Å². The lowest BCUT2D eigenvalue weighted by molar-refractivity contribution is -0.940. The average Bonchev–Trinajstić information content (AvgIpc) is 2.78. The van der Waals surface area contributed by atoms with Gasteiger partial charge in [0.05, 0.1) is 55.0 Å². The van der Waals surface area contributed by atoms with Crippen LogP contribution in [0.5, 0.6) is 23.0 Å². The summed E-state index contributed by atoms with van der Waals surface area (Å²) in [5.74, 6) is 1.99. The van der Waals surface area contributed by atoms with Crippen molar-refractivity contribution in [1.82, 2.24) is 0 Å². The third-order valence-electron chi connectivity index (χ3n) is 6.36. The first kappa shape index (κ1) is 22.7. The van der Waals surface area contributed by atoms with Gasteiger partial charge in [0.25, 0.3) is 0 Å².